The molecule has 2 aliphatic carbocycles. The highest BCUT2D eigenvalue weighted by atomic mass is 16.5. The van der Waals surface area contributed by atoms with Crippen LogP contribution in [0.4, 0.5) is 4.79 Å². The molecule has 2 aromatic carbocycles. The van der Waals surface area contributed by atoms with Crippen molar-refractivity contribution in [3.63, 3.8) is 0 Å². The van der Waals surface area contributed by atoms with Gasteiger partial charge >= 0.3 is 12.1 Å². The first-order chi connectivity index (χ1) is 16.9. The molecule has 1 aliphatic heterocycles. The van der Waals surface area contributed by atoms with Gasteiger partial charge in [-0.3, -0.25) is 9.59 Å². The minimum absolute atomic E-state index is 0.0182. The minimum Gasteiger partial charge on any atom is -0.481 e. The molecule has 2 aromatic rings. The number of aliphatic carboxylic acids is 1. The maximum absolute atomic E-state index is 13.0. The Labute approximate surface area is 205 Å². The Morgan fingerprint density at radius 1 is 1.03 bits per heavy atom. The van der Waals surface area contributed by atoms with Crippen LogP contribution in [0.25, 0.3) is 11.1 Å². The van der Waals surface area contributed by atoms with Crippen LogP contribution in [0.2, 0.25) is 0 Å². The van der Waals surface area contributed by atoms with E-state index in [-0.39, 0.29) is 42.9 Å². The fourth-order valence-electron chi connectivity index (χ4n) is 5.90. The van der Waals surface area contributed by atoms with Gasteiger partial charge in [-0.15, -0.1) is 0 Å². The molecule has 1 saturated heterocycles. The van der Waals surface area contributed by atoms with E-state index in [1.807, 2.05) is 24.3 Å². The minimum atomic E-state index is -0.861. The number of fused-ring (bicyclic) bond motifs is 3. The molecule has 0 bridgehead atoms. The number of carbonyl (C=O) groups excluding carboxylic acids is 2. The monoisotopic (exact) mass is 476 g/mol. The van der Waals surface area contributed by atoms with E-state index in [1.54, 1.807) is 11.8 Å². The second-order valence-corrected chi connectivity index (χ2v) is 10.0. The molecule has 2 N–H and O–H groups in total. The molecule has 1 saturated carbocycles. The van der Waals surface area contributed by atoms with Crippen LogP contribution >= 0.6 is 0 Å². The van der Waals surface area contributed by atoms with Crippen LogP contribution in [-0.2, 0) is 14.3 Å². The number of hydrogen-bond acceptors (Lipinski definition) is 4. The van der Waals surface area contributed by atoms with E-state index in [4.69, 9.17) is 4.74 Å². The molecule has 3 unspecified atom stereocenters. The summed E-state index contributed by atoms with van der Waals surface area (Å²) < 4.78 is 5.71. The number of carboxylic acids is 1. The normalized spacial score (nSPS) is 22.1. The highest BCUT2D eigenvalue weighted by Crippen LogP contribution is 2.44. The molecular weight excluding hydrogens is 444 g/mol. The Morgan fingerprint density at radius 3 is 2.20 bits per heavy atom. The molecular formula is C28H32N2O5. The topological polar surface area (TPSA) is 95.9 Å². The number of hydrogen-bond donors (Lipinski definition) is 2. The van der Waals surface area contributed by atoms with Crippen molar-refractivity contribution in [3.05, 3.63) is 59.7 Å². The summed E-state index contributed by atoms with van der Waals surface area (Å²) in [6.45, 7) is 2.47. The molecule has 184 valence electrons. The smallest absolute Gasteiger partial charge is 0.407 e. The molecule has 1 heterocycles. The summed E-state index contributed by atoms with van der Waals surface area (Å²) in [5.74, 6) is -1.27. The van der Waals surface area contributed by atoms with E-state index in [2.05, 4.69) is 29.6 Å². The van der Waals surface area contributed by atoms with Gasteiger partial charge in [-0.05, 0) is 54.4 Å². The molecule has 5 rings (SSSR count). The lowest BCUT2D eigenvalue weighted by molar-refractivity contribution is -0.143. The number of amides is 2. The van der Waals surface area contributed by atoms with Crippen molar-refractivity contribution >= 4 is 18.0 Å². The van der Waals surface area contributed by atoms with Gasteiger partial charge in [0.05, 0.1) is 5.92 Å². The second kappa shape index (κ2) is 9.72. The fourth-order valence-corrected chi connectivity index (χ4v) is 5.90. The third-order valence-electron chi connectivity index (χ3n) is 8.15. The van der Waals surface area contributed by atoms with Crippen LogP contribution < -0.4 is 5.32 Å². The molecule has 7 nitrogen and oxygen atoms in total. The zero-order valence-electron chi connectivity index (χ0n) is 20.0. The van der Waals surface area contributed by atoms with Gasteiger partial charge in [0.1, 0.15) is 6.61 Å². The predicted octanol–water partition coefficient (Wildman–Crippen LogP) is 4.41. The predicted molar refractivity (Wildman–Crippen MR) is 131 cm³/mol. The molecule has 0 aromatic heterocycles. The lowest BCUT2D eigenvalue weighted by Crippen LogP contribution is -2.47. The Kier molecular flexibility index (Phi) is 6.50. The van der Waals surface area contributed by atoms with Gasteiger partial charge < -0.3 is 20.1 Å². The number of ether oxygens (including phenoxy) is 1. The number of likely N-dealkylation sites (tertiary alicyclic amines) is 1. The number of nitrogens with zero attached hydrogens (tertiary/aromatic N) is 1. The van der Waals surface area contributed by atoms with Crippen molar-refractivity contribution in [1.29, 1.82) is 0 Å². The number of nitrogens with one attached hydrogen (secondary N) is 1. The first-order valence-electron chi connectivity index (χ1n) is 12.6. The van der Waals surface area contributed by atoms with E-state index >= 15 is 0 Å². The van der Waals surface area contributed by atoms with Crippen molar-refractivity contribution < 1.29 is 24.2 Å². The van der Waals surface area contributed by atoms with Gasteiger partial charge in [0.15, 0.2) is 0 Å². The molecule has 35 heavy (non-hydrogen) atoms. The van der Waals surface area contributed by atoms with E-state index in [0.717, 1.165) is 30.4 Å². The van der Waals surface area contributed by atoms with Crippen molar-refractivity contribution in [3.8, 4) is 11.1 Å². The molecule has 3 atom stereocenters. The quantitative estimate of drug-likeness (QED) is 0.617. The number of rotatable bonds is 7. The maximum Gasteiger partial charge on any atom is 0.407 e. The maximum atomic E-state index is 13.0. The first kappa shape index (κ1) is 23.4. The standard InChI is InChI=1S/C28H32N2O5/c1-17-19(27(32)33)13-14-30(17)26(31)15-25(18-7-6-8-18)29-28(34)35-16-24-22-11-4-2-9-20(22)21-10-3-5-12-23(21)24/h2-5,9-12,17-19,24-25H,6-8,13-16H2,1H3,(H,29,34)(H,32,33). The van der Waals surface area contributed by atoms with Crippen molar-refractivity contribution in [2.75, 3.05) is 13.2 Å². The summed E-state index contributed by atoms with van der Waals surface area (Å²) in [6, 6.07) is 15.8. The highest BCUT2D eigenvalue weighted by Gasteiger charge is 2.40. The van der Waals surface area contributed by atoms with Gasteiger partial charge in [-0.1, -0.05) is 55.0 Å². The van der Waals surface area contributed by atoms with Crippen LogP contribution in [-0.4, -0.2) is 53.2 Å². The lowest BCUT2D eigenvalue weighted by atomic mass is 9.78. The van der Waals surface area contributed by atoms with E-state index < -0.39 is 18.0 Å². The van der Waals surface area contributed by atoms with Crippen LogP contribution in [0, 0.1) is 11.8 Å². The number of carboxylic acid groups (broad SMARTS) is 1. The average molecular weight is 477 g/mol. The molecule has 3 aliphatic rings. The molecule has 2 fully saturated rings. The number of carbonyl (C=O) groups is 3. The summed E-state index contributed by atoms with van der Waals surface area (Å²) in [5, 5.41) is 12.3. The van der Waals surface area contributed by atoms with Crippen molar-refractivity contribution in [2.24, 2.45) is 11.8 Å². The van der Waals surface area contributed by atoms with E-state index in [0.29, 0.717) is 13.0 Å². The van der Waals surface area contributed by atoms with Gasteiger partial charge in [0.2, 0.25) is 5.91 Å². The molecule has 0 radical (unpaired) electrons. The number of alkyl carbamates (subject to hydrolysis) is 1. The van der Waals surface area contributed by atoms with Crippen LogP contribution in [0.3, 0.4) is 0 Å². The molecule has 0 spiro atoms. The first-order valence-corrected chi connectivity index (χ1v) is 12.6. The Morgan fingerprint density at radius 2 is 1.66 bits per heavy atom. The van der Waals surface area contributed by atoms with Gasteiger partial charge in [-0.2, -0.15) is 0 Å². The average Bonchev–Trinajstić information content (AvgIpc) is 3.34. The van der Waals surface area contributed by atoms with Gasteiger partial charge in [-0.25, -0.2) is 4.79 Å². The lowest BCUT2D eigenvalue weighted by Gasteiger charge is -2.35. The zero-order chi connectivity index (χ0) is 24.5. The van der Waals surface area contributed by atoms with Gasteiger partial charge in [0, 0.05) is 31.0 Å². The summed E-state index contributed by atoms with van der Waals surface area (Å²) in [5.41, 5.74) is 4.66. The molecule has 7 heteroatoms. The van der Waals surface area contributed by atoms with Gasteiger partial charge in [0.25, 0.3) is 0 Å². The molecule has 2 amide bonds. The Bertz CT molecular complexity index is 1080. The van der Waals surface area contributed by atoms with Crippen LogP contribution in [0.15, 0.2) is 48.5 Å². The summed E-state index contributed by atoms with van der Waals surface area (Å²) in [7, 11) is 0. The zero-order valence-corrected chi connectivity index (χ0v) is 20.0. The van der Waals surface area contributed by atoms with E-state index in [1.165, 1.54) is 11.1 Å². The highest BCUT2D eigenvalue weighted by molar-refractivity contribution is 5.81. The second-order valence-electron chi connectivity index (χ2n) is 10.0. The summed E-state index contributed by atoms with van der Waals surface area (Å²) in [6.07, 6.45) is 3.16. The van der Waals surface area contributed by atoms with Crippen LogP contribution in [0.5, 0.6) is 0 Å². The van der Waals surface area contributed by atoms with Crippen molar-refractivity contribution in [1.82, 2.24) is 10.2 Å². The Hall–Kier alpha value is -3.35. The van der Waals surface area contributed by atoms with E-state index in [9.17, 15) is 19.5 Å². The SMILES string of the molecule is CC1C(C(=O)O)CCN1C(=O)CC(NC(=O)OCC1c2ccccc2-c2ccccc21)C1CCC1. The summed E-state index contributed by atoms with van der Waals surface area (Å²) in [4.78, 5) is 39.0. The number of benzene rings is 2. The largest absolute Gasteiger partial charge is 0.481 e. The summed E-state index contributed by atoms with van der Waals surface area (Å²) >= 11 is 0. The van der Waals surface area contributed by atoms with Crippen LogP contribution in [0.1, 0.15) is 56.1 Å². The Balaban J connectivity index is 1.22. The third kappa shape index (κ3) is 4.51. The third-order valence-corrected chi connectivity index (χ3v) is 8.15. The fraction of sp³-hybridized carbons (Fsp3) is 0.464. The van der Waals surface area contributed by atoms with Crippen molar-refractivity contribution in [2.45, 2.75) is 57.0 Å².